The van der Waals surface area contributed by atoms with E-state index in [0.29, 0.717) is 0 Å². The summed E-state index contributed by atoms with van der Waals surface area (Å²) in [5, 5.41) is 8.91. The van der Waals surface area contributed by atoms with E-state index in [4.69, 9.17) is 5.11 Å². The van der Waals surface area contributed by atoms with E-state index in [1.807, 2.05) is 29.7 Å². The average Bonchev–Trinajstić information content (AvgIpc) is 3.01. The number of aryl methyl sites for hydroxylation is 2. The fourth-order valence-corrected chi connectivity index (χ4v) is 3.23. The molecule has 0 spiro atoms. The molecule has 1 aromatic carbocycles. The van der Waals surface area contributed by atoms with Crippen LogP contribution in [-0.4, -0.2) is 20.5 Å². The summed E-state index contributed by atoms with van der Waals surface area (Å²) in [5.41, 5.74) is 3.87. The molecule has 0 atom stereocenters. The molecule has 3 rings (SSSR count). The van der Waals surface area contributed by atoms with E-state index in [2.05, 4.69) is 24.0 Å². The Morgan fingerprint density at radius 1 is 1.36 bits per heavy atom. The third kappa shape index (κ3) is 2.67. The lowest BCUT2D eigenvalue weighted by Gasteiger charge is -2.02. The van der Waals surface area contributed by atoms with Gasteiger partial charge in [0.1, 0.15) is 0 Å². The van der Waals surface area contributed by atoms with E-state index < -0.39 is 5.97 Å². The zero-order chi connectivity index (χ0) is 15.7. The monoisotopic (exact) mass is 312 g/mol. The number of aliphatic carboxylic acids is 1. The number of benzene rings is 1. The first-order valence-corrected chi connectivity index (χ1v) is 7.89. The van der Waals surface area contributed by atoms with Crippen molar-refractivity contribution in [3.05, 3.63) is 52.7 Å². The quantitative estimate of drug-likeness (QED) is 0.740. The molecule has 112 valence electrons. The number of imidazole rings is 1. The van der Waals surface area contributed by atoms with Crippen LogP contribution in [0.1, 0.15) is 23.1 Å². The molecule has 1 N–H and O–H groups in total. The normalized spacial score (nSPS) is 11.5. The number of aromatic nitrogens is 2. The van der Waals surface area contributed by atoms with Gasteiger partial charge < -0.3 is 5.11 Å². The van der Waals surface area contributed by atoms with Crippen molar-refractivity contribution in [2.24, 2.45) is 0 Å². The SMILES string of the molecule is CCc1ccc(-c2nc3sc(C)cn3c2/C=C/C(=O)O)cc1. The fourth-order valence-electron chi connectivity index (χ4n) is 2.39. The van der Waals surface area contributed by atoms with Crippen molar-refractivity contribution in [3.8, 4) is 11.3 Å². The molecule has 3 aromatic rings. The van der Waals surface area contributed by atoms with E-state index in [9.17, 15) is 4.79 Å². The first kappa shape index (κ1) is 14.5. The number of nitrogens with zero attached hydrogens (tertiary/aromatic N) is 2. The molecule has 2 heterocycles. The summed E-state index contributed by atoms with van der Waals surface area (Å²) in [6, 6.07) is 8.24. The van der Waals surface area contributed by atoms with Crippen LogP contribution in [0.2, 0.25) is 0 Å². The molecular weight excluding hydrogens is 296 g/mol. The molecule has 2 aromatic heterocycles. The second-order valence-electron chi connectivity index (χ2n) is 5.06. The lowest BCUT2D eigenvalue weighted by atomic mass is 10.1. The topological polar surface area (TPSA) is 54.6 Å². The molecule has 0 aliphatic carbocycles. The maximum absolute atomic E-state index is 10.9. The van der Waals surface area contributed by atoms with Gasteiger partial charge >= 0.3 is 5.97 Å². The van der Waals surface area contributed by atoms with Gasteiger partial charge in [0.25, 0.3) is 0 Å². The molecule has 0 aliphatic rings. The number of rotatable bonds is 4. The van der Waals surface area contributed by atoms with Gasteiger partial charge in [-0.2, -0.15) is 0 Å². The fraction of sp³-hybridized carbons (Fsp3) is 0.176. The summed E-state index contributed by atoms with van der Waals surface area (Å²) < 4.78 is 1.95. The van der Waals surface area contributed by atoms with Crippen LogP contribution in [0.25, 0.3) is 22.3 Å². The molecule has 0 amide bonds. The van der Waals surface area contributed by atoms with E-state index in [0.717, 1.165) is 39.3 Å². The Hall–Kier alpha value is -2.40. The van der Waals surface area contributed by atoms with Gasteiger partial charge in [0, 0.05) is 22.7 Å². The van der Waals surface area contributed by atoms with E-state index >= 15 is 0 Å². The first-order chi connectivity index (χ1) is 10.6. The Balaban J connectivity index is 2.16. The van der Waals surface area contributed by atoms with Crippen LogP contribution in [0.15, 0.2) is 36.5 Å². The molecule has 5 heteroatoms. The molecular formula is C17H16N2O2S. The predicted molar refractivity (Wildman–Crippen MR) is 89.3 cm³/mol. The Labute approximate surface area is 132 Å². The largest absolute Gasteiger partial charge is 0.478 e. The Morgan fingerprint density at radius 2 is 2.09 bits per heavy atom. The summed E-state index contributed by atoms with van der Waals surface area (Å²) in [5.74, 6) is -0.964. The van der Waals surface area contributed by atoms with Crippen molar-refractivity contribution >= 4 is 28.3 Å². The minimum atomic E-state index is -0.964. The summed E-state index contributed by atoms with van der Waals surface area (Å²) >= 11 is 1.59. The van der Waals surface area contributed by atoms with Gasteiger partial charge in [-0.15, -0.1) is 11.3 Å². The number of hydrogen-bond donors (Lipinski definition) is 1. The highest BCUT2D eigenvalue weighted by molar-refractivity contribution is 7.17. The van der Waals surface area contributed by atoms with E-state index in [1.54, 1.807) is 17.4 Å². The minimum absolute atomic E-state index is 0.797. The van der Waals surface area contributed by atoms with Crippen LogP contribution in [0.4, 0.5) is 0 Å². The van der Waals surface area contributed by atoms with Gasteiger partial charge in [0.2, 0.25) is 0 Å². The van der Waals surface area contributed by atoms with Crippen molar-refractivity contribution in [3.63, 3.8) is 0 Å². The zero-order valence-corrected chi connectivity index (χ0v) is 13.2. The average molecular weight is 312 g/mol. The van der Waals surface area contributed by atoms with Crippen molar-refractivity contribution in [1.29, 1.82) is 0 Å². The molecule has 4 nitrogen and oxygen atoms in total. The molecule has 0 radical (unpaired) electrons. The minimum Gasteiger partial charge on any atom is -0.478 e. The van der Waals surface area contributed by atoms with Gasteiger partial charge in [0.05, 0.1) is 11.4 Å². The van der Waals surface area contributed by atoms with Crippen LogP contribution in [0.5, 0.6) is 0 Å². The highest BCUT2D eigenvalue weighted by atomic mass is 32.1. The molecule has 22 heavy (non-hydrogen) atoms. The van der Waals surface area contributed by atoms with Gasteiger partial charge in [0.15, 0.2) is 4.96 Å². The van der Waals surface area contributed by atoms with Gasteiger partial charge in [-0.1, -0.05) is 31.2 Å². The number of fused-ring (bicyclic) bond motifs is 1. The van der Waals surface area contributed by atoms with E-state index in [-0.39, 0.29) is 0 Å². The number of carboxylic acids is 1. The first-order valence-electron chi connectivity index (χ1n) is 7.07. The smallest absolute Gasteiger partial charge is 0.328 e. The molecule has 0 aliphatic heterocycles. The molecule has 0 unspecified atom stereocenters. The van der Waals surface area contributed by atoms with Gasteiger partial charge in [-0.05, 0) is 25.0 Å². The summed E-state index contributed by atoms with van der Waals surface area (Å²) in [6.45, 7) is 4.13. The van der Waals surface area contributed by atoms with Crippen molar-refractivity contribution in [1.82, 2.24) is 9.38 Å². The molecule has 0 saturated carbocycles. The van der Waals surface area contributed by atoms with E-state index in [1.165, 1.54) is 5.56 Å². The van der Waals surface area contributed by atoms with Crippen molar-refractivity contribution in [2.45, 2.75) is 20.3 Å². The van der Waals surface area contributed by atoms with Crippen molar-refractivity contribution in [2.75, 3.05) is 0 Å². The Morgan fingerprint density at radius 3 is 2.73 bits per heavy atom. The maximum atomic E-state index is 10.9. The maximum Gasteiger partial charge on any atom is 0.328 e. The molecule has 0 saturated heterocycles. The number of carboxylic acid groups (broad SMARTS) is 1. The summed E-state index contributed by atoms with van der Waals surface area (Å²) in [6.07, 6.45) is 5.74. The third-order valence-corrected chi connectivity index (χ3v) is 4.40. The second-order valence-corrected chi connectivity index (χ2v) is 6.28. The van der Waals surface area contributed by atoms with Gasteiger partial charge in [-0.3, -0.25) is 4.40 Å². The lowest BCUT2D eigenvalue weighted by Crippen LogP contribution is -1.90. The summed E-state index contributed by atoms with van der Waals surface area (Å²) in [7, 11) is 0. The Bertz CT molecular complexity index is 857. The third-order valence-electron chi connectivity index (χ3n) is 3.50. The second kappa shape index (κ2) is 5.77. The highest BCUT2D eigenvalue weighted by Gasteiger charge is 2.14. The van der Waals surface area contributed by atoms with Crippen LogP contribution in [0, 0.1) is 6.92 Å². The Kier molecular flexibility index (Phi) is 3.81. The van der Waals surface area contributed by atoms with Crippen LogP contribution >= 0.6 is 11.3 Å². The predicted octanol–water partition coefficient (Wildman–Crippen LogP) is 4.03. The molecule has 0 bridgehead atoms. The molecule has 0 fully saturated rings. The van der Waals surface area contributed by atoms with Crippen LogP contribution in [0.3, 0.4) is 0 Å². The highest BCUT2D eigenvalue weighted by Crippen LogP contribution is 2.29. The zero-order valence-electron chi connectivity index (χ0n) is 12.4. The van der Waals surface area contributed by atoms with Crippen LogP contribution < -0.4 is 0 Å². The van der Waals surface area contributed by atoms with Crippen LogP contribution in [-0.2, 0) is 11.2 Å². The standard InChI is InChI=1S/C17H16N2O2S/c1-3-12-4-6-13(7-5-12)16-14(8-9-15(20)21)19-10-11(2)22-17(19)18-16/h4-10H,3H2,1-2H3,(H,20,21)/b9-8+. The number of carbonyl (C=O) groups is 1. The number of thiazole rings is 1. The van der Waals surface area contributed by atoms with Crippen molar-refractivity contribution < 1.29 is 9.90 Å². The summed E-state index contributed by atoms with van der Waals surface area (Å²) in [4.78, 5) is 17.5. The lowest BCUT2D eigenvalue weighted by molar-refractivity contribution is -0.131. The van der Waals surface area contributed by atoms with Gasteiger partial charge in [-0.25, -0.2) is 9.78 Å². The number of hydrogen-bond acceptors (Lipinski definition) is 3.